The number of para-hydroxylation sites is 2. The lowest BCUT2D eigenvalue weighted by atomic mass is 10.2. The van der Waals surface area contributed by atoms with Crippen LogP contribution in [0.2, 0.25) is 0 Å². The van der Waals surface area contributed by atoms with Crippen LogP contribution < -0.4 is 9.80 Å². The zero-order valence-electron chi connectivity index (χ0n) is 17.4. The van der Waals surface area contributed by atoms with E-state index in [1.807, 2.05) is 46.2 Å². The maximum atomic E-state index is 12.6. The van der Waals surface area contributed by atoms with Crippen LogP contribution in [-0.4, -0.2) is 74.0 Å². The second kappa shape index (κ2) is 9.65. The number of hydrogen-bond acceptors (Lipinski definition) is 4. The number of benzene rings is 2. The highest BCUT2D eigenvalue weighted by Crippen LogP contribution is 2.18. The summed E-state index contributed by atoms with van der Waals surface area (Å²) in [6.45, 7) is 6.23. The minimum Gasteiger partial charge on any atom is -0.368 e. The Kier molecular flexibility index (Phi) is 6.52. The number of hydrogen-bond donors (Lipinski definition) is 0. The third kappa shape index (κ3) is 4.93. The molecule has 6 nitrogen and oxygen atoms in total. The van der Waals surface area contributed by atoms with Crippen LogP contribution in [0.25, 0.3) is 0 Å². The minimum atomic E-state index is 0.0963. The zero-order chi connectivity index (χ0) is 20.8. The molecule has 2 fully saturated rings. The average molecular weight is 407 g/mol. The van der Waals surface area contributed by atoms with Crippen LogP contribution in [0.15, 0.2) is 60.7 Å². The van der Waals surface area contributed by atoms with Gasteiger partial charge in [-0.2, -0.15) is 0 Å². The smallest absolute Gasteiger partial charge is 0.223 e. The summed E-state index contributed by atoms with van der Waals surface area (Å²) < 4.78 is 0. The molecule has 2 saturated heterocycles. The Morgan fingerprint density at radius 3 is 1.20 bits per heavy atom. The molecule has 0 bridgehead atoms. The van der Waals surface area contributed by atoms with Gasteiger partial charge in [-0.25, -0.2) is 0 Å². The molecule has 30 heavy (non-hydrogen) atoms. The number of carbonyl (C=O) groups excluding carboxylic acids is 2. The van der Waals surface area contributed by atoms with E-state index >= 15 is 0 Å². The van der Waals surface area contributed by atoms with Crippen molar-refractivity contribution in [2.75, 3.05) is 62.2 Å². The zero-order valence-corrected chi connectivity index (χ0v) is 17.4. The van der Waals surface area contributed by atoms with Gasteiger partial charge in [0.2, 0.25) is 11.8 Å². The molecule has 0 atom stereocenters. The van der Waals surface area contributed by atoms with Crippen molar-refractivity contribution in [3.05, 3.63) is 60.7 Å². The number of anilines is 2. The van der Waals surface area contributed by atoms with Gasteiger partial charge >= 0.3 is 0 Å². The second-order valence-electron chi connectivity index (χ2n) is 7.91. The first-order valence-electron chi connectivity index (χ1n) is 10.9. The van der Waals surface area contributed by atoms with Crippen LogP contribution in [0.5, 0.6) is 0 Å². The number of piperazine rings is 2. The van der Waals surface area contributed by atoms with Crippen LogP contribution in [0, 0.1) is 0 Å². The first-order chi connectivity index (χ1) is 14.7. The molecule has 0 aromatic heterocycles. The van der Waals surface area contributed by atoms with E-state index in [0.29, 0.717) is 12.8 Å². The van der Waals surface area contributed by atoms with E-state index < -0.39 is 0 Å². The third-order valence-electron chi connectivity index (χ3n) is 6.06. The van der Waals surface area contributed by atoms with Gasteiger partial charge < -0.3 is 19.6 Å². The molecule has 2 aromatic carbocycles. The number of amides is 2. The van der Waals surface area contributed by atoms with Crippen LogP contribution in [-0.2, 0) is 9.59 Å². The van der Waals surface area contributed by atoms with Crippen molar-refractivity contribution >= 4 is 23.2 Å². The Morgan fingerprint density at radius 1 is 0.533 bits per heavy atom. The van der Waals surface area contributed by atoms with Gasteiger partial charge in [0.05, 0.1) is 0 Å². The summed E-state index contributed by atoms with van der Waals surface area (Å²) in [6.07, 6.45) is 0.617. The highest BCUT2D eigenvalue weighted by molar-refractivity contribution is 5.84. The van der Waals surface area contributed by atoms with Gasteiger partial charge in [0.15, 0.2) is 0 Å². The lowest BCUT2D eigenvalue weighted by molar-refractivity contribution is -0.137. The maximum Gasteiger partial charge on any atom is 0.223 e. The molecule has 2 aliphatic rings. The lowest BCUT2D eigenvalue weighted by Crippen LogP contribution is -2.50. The molecule has 2 heterocycles. The topological polar surface area (TPSA) is 47.1 Å². The predicted molar refractivity (Wildman–Crippen MR) is 120 cm³/mol. The summed E-state index contributed by atoms with van der Waals surface area (Å²) in [4.78, 5) is 33.6. The van der Waals surface area contributed by atoms with Crippen LogP contribution >= 0.6 is 0 Å². The molecule has 0 radical (unpaired) electrons. The van der Waals surface area contributed by atoms with Crippen LogP contribution in [0.4, 0.5) is 11.4 Å². The number of nitrogens with zero attached hydrogens (tertiary/aromatic N) is 4. The molecule has 0 saturated carbocycles. The van der Waals surface area contributed by atoms with Gasteiger partial charge in [-0.15, -0.1) is 0 Å². The third-order valence-corrected chi connectivity index (χ3v) is 6.06. The Balaban J connectivity index is 1.18. The van der Waals surface area contributed by atoms with Crippen molar-refractivity contribution in [3.8, 4) is 0 Å². The van der Waals surface area contributed by atoms with Crippen molar-refractivity contribution < 1.29 is 9.59 Å². The molecule has 2 aromatic rings. The quantitative estimate of drug-likeness (QED) is 0.765. The number of carbonyl (C=O) groups is 2. The van der Waals surface area contributed by atoms with E-state index in [0.717, 1.165) is 52.4 Å². The van der Waals surface area contributed by atoms with Crippen LogP contribution in [0.3, 0.4) is 0 Å². The van der Waals surface area contributed by atoms with Crippen LogP contribution in [0.1, 0.15) is 12.8 Å². The second-order valence-corrected chi connectivity index (χ2v) is 7.91. The fourth-order valence-electron chi connectivity index (χ4n) is 4.24. The predicted octanol–water partition coefficient (Wildman–Crippen LogP) is 2.46. The lowest BCUT2D eigenvalue weighted by Gasteiger charge is -2.37. The molecule has 4 rings (SSSR count). The van der Waals surface area contributed by atoms with E-state index in [1.165, 1.54) is 11.4 Å². The first kappa shape index (κ1) is 20.3. The monoisotopic (exact) mass is 406 g/mol. The largest absolute Gasteiger partial charge is 0.368 e. The van der Waals surface area contributed by atoms with Gasteiger partial charge in [0, 0.05) is 76.6 Å². The average Bonchev–Trinajstić information content (AvgIpc) is 2.83. The molecular formula is C24H30N4O2. The first-order valence-corrected chi connectivity index (χ1v) is 10.9. The highest BCUT2D eigenvalue weighted by atomic mass is 16.2. The normalized spacial score (nSPS) is 17.2. The van der Waals surface area contributed by atoms with E-state index in [-0.39, 0.29) is 11.8 Å². The van der Waals surface area contributed by atoms with Gasteiger partial charge in [0.25, 0.3) is 0 Å². The Morgan fingerprint density at radius 2 is 0.867 bits per heavy atom. The van der Waals surface area contributed by atoms with Crippen molar-refractivity contribution in [2.24, 2.45) is 0 Å². The molecule has 2 aliphatic heterocycles. The molecule has 0 N–H and O–H groups in total. The molecule has 2 amide bonds. The Bertz CT molecular complexity index is 755. The minimum absolute atomic E-state index is 0.0963. The van der Waals surface area contributed by atoms with E-state index in [1.54, 1.807) is 0 Å². The molecule has 0 aliphatic carbocycles. The van der Waals surface area contributed by atoms with E-state index in [2.05, 4.69) is 34.1 Å². The molecule has 0 spiro atoms. The maximum absolute atomic E-state index is 12.6. The van der Waals surface area contributed by atoms with Crippen molar-refractivity contribution in [1.82, 2.24) is 9.80 Å². The van der Waals surface area contributed by atoms with Crippen molar-refractivity contribution in [1.29, 1.82) is 0 Å². The fraction of sp³-hybridized carbons (Fsp3) is 0.417. The SMILES string of the molecule is O=C(CCC(=O)N1CCN(c2ccccc2)CC1)N1CCN(c2ccccc2)CC1. The number of rotatable bonds is 5. The molecule has 158 valence electrons. The summed E-state index contributed by atoms with van der Waals surface area (Å²) in [5, 5.41) is 0. The fourth-order valence-corrected chi connectivity index (χ4v) is 4.24. The summed E-state index contributed by atoms with van der Waals surface area (Å²) in [6, 6.07) is 20.6. The summed E-state index contributed by atoms with van der Waals surface area (Å²) >= 11 is 0. The standard InChI is InChI=1S/C24H30N4O2/c29-23(27-17-13-25(14-18-27)21-7-3-1-4-8-21)11-12-24(30)28-19-15-26(16-20-28)22-9-5-2-6-10-22/h1-10H,11-20H2. The van der Waals surface area contributed by atoms with Crippen molar-refractivity contribution in [2.45, 2.75) is 12.8 Å². The van der Waals surface area contributed by atoms with Gasteiger partial charge in [-0.1, -0.05) is 36.4 Å². The van der Waals surface area contributed by atoms with Gasteiger partial charge in [-0.3, -0.25) is 9.59 Å². The van der Waals surface area contributed by atoms with Gasteiger partial charge in [0.1, 0.15) is 0 Å². The van der Waals surface area contributed by atoms with Crippen molar-refractivity contribution in [3.63, 3.8) is 0 Å². The summed E-state index contributed by atoms with van der Waals surface area (Å²) in [5.74, 6) is 0.193. The molecular weight excluding hydrogens is 376 g/mol. The Hall–Kier alpha value is -3.02. The van der Waals surface area contributed by atoms with Gasteiger partial charge in [-0.05, 0) is 24.3 Å². The Labute approximate surface area is 178 Å². The highest BCUT2D eigenvalue weighted by Gasteiger charge is 2.24. The van der Waals surface area contributed by atoms with E-state index in [9.17, 15) is 9.59 Å². The summed E-state index contributed by atoms with van der Waals surface area (Å²) in [5.41, 5.74) is 2.41. The molecule has 6 heteroatoms. The summed E-state index contributed by atoms with van der Waals surface area (Å²) in [7, 11) is 0. The molecule has 0 unspecified atom stereocenters. The van der Waals surface area contributed by atoms with E-state index in [4.69, 9.17) is 0 Å².